The van der Waals surface area contributed by atoms with Crippen LogP contribution in [0.1, 0.15) is 21.5 Å². The Bertz CT molecular complexity index is 762. The first-order valence-electron chi connectivity index (χ1n) is 6.94. The molecular weight excluding hydrogens is 315 g/mol. The van der Waals surface area contributed by atoms with E-state index in [4.69, 9.17) is 17.0 Å². The Morgan fingerprint density at radius 3 is 2.43 bits per heavy atom. The minimum Gasteiger partial charge on any atom is -0.465 e. The number of hydrogen-bond donors (Lipinski definition) is 2. The van der Waals surface area contributed by atoms with Crippen LogP contribution < -0.4 is 10.6 Å². The Hall–Kier alpha value is -2.47. The number of methoxy groups -OCH3 is 1. The summed E-state index contributed by atoms with van der Waals surface area (Å²) in [6.45, 7) is 3.58. The van der Waals surface area contributed by atoms with E-state index < -0.39 is 5.97 Å². The molecule has 2 aromatic carbocycles. The molecule has 2 N–H and O–H groups in total. The third-order valence-electron chi connectivity index (χ3n) is 3.34. The molecule has 0 aromatic heterocycles. The summed E-state index contributed by atoms with van der Waals surface area (Å²) in [5.41, 5.74) is 3.13. The maximum absolute atomic E-state index is 13.5. The van der Waals surface area contributed by atoms with Gasteiger partial charge in [-0.2, -0.15) is 0 Å². The molecule has 0 saturated carbocycles. The highest BCUT2D eigenvalue weighted by Gasteiger charge is 2.09. The minimum atomic E-state index is -0.424. The number of aryl methyl sites for hydroxylation is 2. The topological polar surface area (TPSA) is 50.4 Å². The van der Waals surface area contributed by atoms with Gasteiger partial charge in [-0.05, 0) is 61.5 Å². The standard InChI is InChI=1S/C17H17FN2O2S/c1-10-5-7-13(9-14(10)18)19-17(23)20-15-8-12(16(21)22-3)6-4-11(15)2/h4-9H,1-3H3,(H2,19,20,23). The summed E-state index contributed by atoms with van der Waals surface area (Å²) < 4.78 is 18.2. The van der Waals surface area contributed by atoms with Crippen LogP contribution in [0.3, 0.4) is 0 Å². The van der Waals surface area contributed by atoms with Gasteiger partial charge in [0.25, 0.3) is 0 Å². The van der Waals surface area contributed by atoms with Crippen LogP contribution in [0.4, 0.5) is 15.8 Å². The molecule has 2 aromatic rings. The number of nitrogens with one attached hydrogen (secondary N) is 2. The second-order valence-corrected chi connectivity index (χ2v) is 5.47. The lowest BCUT2D eigenvalue weighted by Gasteiger charge is -2.14. The number of esters is 1. The molecule has 0 aliphatic carbocycles. The van der Waals surface area contributed by atoms with E-state index >= 15 is 0 Å². The maximum atomic E-state index is 13.5. The van der Waals surface area contributed by atoms with E-state index in [2.05, 4.69) is 10.6 Å². The third-order valence-corrected chi connectivity index (χ3v) is 3.54. The number of carbonyl (C=O) groups is 1. The van der Waals surface area contributed by atoms with Gasteiger partial charge >= 0.3 is 5.97 Å². The van der Waals surface area contributed by atoms with Gasteiger partial charge in [0.05, 0.1) is 12.7 Å². The van der Waals surface area contributed by atoms with Gasteiger partial charge in [-0.15, -0.1) is 0 Å². The first kappa shape index (κ1) is 16.9. The van der Waals surface area contributed by atoms with Crippen molar-refractivity contribution in [1.29, 1.82) is 0 Å². The first-order valence-corrected chi connectivity index (χ1v) is 7.34. The van der Waals surface area contributed by atoms with Crippen molar-refractivity contribution < 1.29 is 13.9 Å². The van der Waals surface area contributed by atoms with Crippen LogP contribution in [-0.2, 0) is 4.74 Å². The zero-order valence-corrected chi connectivity index (χ0v) is 13.9. The fourth-order valence-electron chi connectivity index (χ4n) is 1.96. The fourth-order valence-corrected chi connectivity index (χ4v) is 2.18. The average Bonchev–Trinajstić information content (AvgIpc) is 2.52. The molecule has 0 bridgehead atoms. The molecule has 6 heteroatoms. The van der Waals surface area contributed by atoms with Crippen LogP contribution in [0.2, 0.25) is 0 Å². The number of anilines is 2. The summed E-state index contributed by atoms with van der Waals surface area (Å²) in [4.78, 5) is 11.6. The smallest absolute Gasteiger partial charge is 0.337 e. The zero-order valence-electron chi connectivity index (χ0n) is 13.1. The van der Waals surface area contributed by atoms with Gasteiger partial charge in [-0.3, -0.25) is 0 Å². The highest BCUT2D eigenvalue weighted by atomic mass is 32.1. The molecular formula is C17H17FN2O2S. The molecule has 0 radical (unpaired) electrons. The normalized spacial score (nSPS) is 10.1. The molecule has 23 heavy (non-hydrogen) atoms. The summed E-state index contributed by atoms with van der Waals surface area (Å²) in [6.07, 6.45) is 0. The second kappa shape index (κ2) is 7.19. The number of thiocarbonyl (C=S) groups is 1. The molecule has 0 unspecified atom stereocenters. The largest absolute Gasteiger partial charge is 0.465 e. The fraction of sp³-hybridized carbons (Fsp3) is 0.176. The molecule has 0 saturated heterocycles. The Kier molecular flexibility index (Phi) is 5.28. The Morgan fingerprint density at radius 2 is 1.78 bits per heavy atom. The van der Waals surface area contributed by atoms with Gasteiger partial charge in [-0.1, -0.05) is 12.1 Å². The zero-order chi connectivity index (χ0) is 17.0. The third kappa shape index (κ3) is 4.26. The molecule has 2 rings (SSSR count). The Balaban J connectivity index is 2.13. The number of carbonyl (C=O) groups excluding carboxylic acids is 1. The molecule has 120 valence electrons. The number of hydrogen-bond acceptors (Lipinski definition) is 3. The summed E-state index contributed by atoms with van der Waals surface area (Å²) in [5.74, 6) is -0.728. The molecule has 0 aliphatic heterocycles. The minimum absolute atomic E-state index is 0.304. The SMILES string of the molecule is COC(=O)c1ccc(C)c(NC(=S)Nc2ccc(C)c(F)c2)c1. The molecule has 0 heterocycles. The maximum Gasteiger partial charge on any atom is 0.337 e. The van der Waals surface area contributed by atoms with Gasteiger partial charge in [0.15, 0.2) is 5.11 Å². The van der Waals surface area contributed by atoms with Crippen LogP contribution in [0.25, 0.3) is 0 Å². The summed E-state index contributed by atoms with van der Waals surface area (Å²) in [6, 6.07) is 9.92. The second-order valence-electron chi connectivity index (χ2n) is 5.06. The molecule has 0 amide bonds. The molecule has 0 fully saturated rings. The van der Waals surface area contributed by atoms with Crippen molar-refractivity contribution in [2.75, 3.05) is 17.7 Å². The van der Waals surface area contributed by atoms with Crippen molar-refractivity contribution in [1.82, 2.24) is 0 Å². The van der Waals surface area contributed by atoms with Crippen molar-refractivity contribution in [3.8, 4) is 0 Å². The van der Waals surface area contributed by atoms with Gasteiger partial charge in [0, 0.05) is 11.4 Å². The number of rotatable bonds is 3. The highest BCUT2D eigenvalue weighted by Crippen LogP contribution is 2.19. The quantitative estimate of drug-likeness (QED) is 0.656. The molecule has 0 atom stereocenters. The van der Waals surface area contributed by atoms with E-state index in [1.165, 1.54) is 13.2 Å². The Labute approximate surface area is 139 Å². The first-order chi connectivity index (χ1) is 10.9. The van der Waals surface area contributed by atoms with Crippen molar-refractivity contribution in [2.45, 2.75) is 13.8 Å². The van der Waals surface area contributed by atoms with E-state index in [-0.39, 0.29) is 5.82 Å². The summed E-state index contributed by atoms with van der Waals surface area (Å²) in [5, 5.41) is 6.22. The van der Waals surface area contributed by atoms with Gasteiger partial charge in [-0.25, -0.2) is 9.18 Å². The number of halogens is 1. The predicted octanol–water partition coefficient (Wildman–Crippen LogP) is 4.04. The van der Waals surface area contributed by atoms with E-state index in [0.717, 1.165) is 5.56 Å². The predicted molar refractivity (Wildman–Crippen MR) is 93.5 cm³/mol. The lowest BCUT2D eigenvalue weighted by molar-refractivity contribution is 0.0601. The molecule has 4 nitrogen and oxygen atoms in total. The van der Waals surface area contributed by atoms with Gasteiger partial charge < -0.3 is 15.4 Å². The van der Waals surface area contributed by atoms with Crippen LogP contribution in [0.15, 0.2) is 36.4 Å². The monoisotopic (exact) mass is 332 g/mol. The van der Waals surface area contributed by atoms with Crippen LogP contribution in [0, 0.1) is 19.7 Å². The van der Waals surface area contributed by atoms with Crippen molar-refractivity contribution in [2.24, 2.45) is 0 Å². The molecule has 0 aliphatic rings. The van der Waals surface area contributed by atoms with Crippen LogP contribution >= 0.6 is 12.2 Å². The van der Waals surface area contributed by atoms with Crippen molar-refractivity contribution in [3.63, 3.8) is 0 Å². The van der Waals surface area contributed by atoms with E-state index in [9.17, 15) is 9.18 Å². The highest BCUT2D eigenvalue weighted by molar-refractivity contribution is 7.80. The number of benzene rings is 2. The summed E-state index contributed by atoms with van der Waals surface area (Å²) >= 11 is 5.23. The van der Waals surface area contributed by atoms with Crippen molar-refractivity contribution in [3.05, 3.63) is 58.9 Å². The Morgan fingerprint density at radius 1 is 1.09 bits per heavy atom. The average molecular weight is 332 g/mol. The van der Waals surface area contributed by atoms with Gasteiger partial charge in [0.1, 0.15) is 5.82 Å². The van der Waals surface area contributed by atoms with E-state index in [0.29, 0.717) is 27.6 Å². The summed E-state index contributed by atoms with van der Waals surface area (Å²) in [7, 11) is 1.33. The van der Waals surface area contributed by atoms with E-state index in [1.807, 2.05) is 6.92 Å². The lowest BCUT2D eigenvalue weighted by atomic mass is 10.1. The lowest BCUT2D eigenvalue weighted by Crippen LogP contribution is -2.20. The number of ether oxygens (including phenoxy) is 1. The van der Waals surface area contributed by atoms with Crippen molar-refractivity contribution >= 4 is 34.7 Å². The molecule has 0 spiro atoms. The van der Waals surface area contributed by atoms with Crippen LogP contribution in [0.5, 0.6) is 0 Å². The van der Waals surface area contributed by atoms with Crippen LogP contribution in [-0.4, -0.2) is 18.2 Å². The van der Waals surface area contributed by atoms with Gasteiger partial charge in [0.2, 0.25) is 0 Å². The van der Waals surface area contributed by atoms with E-state index in [1.54, 1.807) is 37.3 Å².